The van der Waals surface area contributed by atoms with E-state index in [-0.39, 0.29) is 11.9 Å². The molecule has 0 fully saturated rings. The summed E-state index contributed by atoms with van der Waals surface area (Å²) in [5.74, 6) is 0.786. The van der Waals surface area contributed by atoms with Crippen LogP contribution in [0.3, 0.4) is 0 Å². The molecule has 14 heavy (non-hydrogen) atoms. The minimum Gasteiger partial charge on any atom is -0.313 e. The van der Waals surface area contributed by atoms with E-state index < -0.39 is 0 Å². The van der Waals surface area contributed by atoms with Crippen LogP contribution in [0.4, 0.5) is 4.39 Å². The first-order chi connectivity index (χ1) is 6.69. The number of nitrogens with one attached hydrogen (secondary N) is 1. The second-order valence-electron chi connectivity index (χ2n) is 3.13. The average Bonchev–Trinajstić information content (AvgIpc) is 2.20. The van der Waals surface area contributed by atoms with Gasteiger partial charge in [-0.2, -0.15) is 0 Å². The van der Waals surface area contributed by atoms with Crippen molar-refractivity contribution in [2.45, 2.75) is 24.8 Å². The SMILES string of the molecule is CCSc1ccc(C(C)NC)cc1F. The van der Waals surface area contributed by atoms with Crippen LogP contribution < -0.4 is 5.32 Å². The fourth-order valence-electron chi connectivity index (χ4n) is 1.23. The van der Waals surface area contributed by atoms with Crippen LogP contribution in [-0.2, 0) is 0 Å². The highest BCUT2D eigenvalue weighted by atomic mass is 32.2. The number of hydrogen-bond donors (Lipinski definition) is 1. The topological polar surface area (TPSA) is 12.0 Å². The summed E-state index contributed by atoms with van der Waals surface area (Å²) in [6.45, 7) is 4.04. The van der Waals surface area contributed by atoms with Gasteiger partial charge in [-0.1, -0.05) is 13.0 Å². The Morgan fingerprint density at radius 3 is 2.71 bits per heavy atom. The second kappa shape index (κ2) is 5.37. The summed E-state index contributed by atoms with van der Waals surface area (Å²) in [4.78, 5) is 0.736. The van der Waals surface area contributed by atoms with Gasteiger partial charge in [-0.25, -0.2) is 4.39 Å². The summed E-state index contributed by atoms with van der Waals surface area (Å²) in [5, 5.41) is 3.09. The van der Waals surface area contributed by atoms with Crippen molar-refractivity contribution in [1.82, 2.24) is 5.32 Å². The third-order valence-corrected chi connectivity index (χ3v) is 3.12. The van der Waals surface area contributed by atoms with Gasteiger partial charge >= 0.3 is 0 Å². The number of rotatable bonds is 4. The largest absolute Gasteiger partial charge is 0.313 e. The van der Waals surface area contributed by atoms with E-state index in [4.69, 9.17) is 0 Å². The van der Waals surface area contributed by atoms with Crippen molar-refractivity contribution in [3.05, 3.63) is 29.6 Å². The Labute approximate surface area is 89.1 Å². The van der Waals surface area contributed by atoms with E-state index in [0.717, 1.165) is 16.2 Å². The normalized spacial score (nSPS) is 12.9. The molecule has 1 N–H and O–H groups in total. The van der Waals surface area contributed by atoms with E-state index in [1.165, 1.54) is 11.8 Å². The van der Waals surface area contributed by atoms with E-state index in [1.54, 1.807) is 6.07 Å². The zero-order valence-corrected chi connectivity index (χ0v) is 9.62. The zero-order valence-electron chi connectivity index (χ0n) is 8.80. The minimum absolute atomic E-state index is 0.114. The number of hydrogen-bond acceptors (Lipinski definition) is 2. The summed E-state index contributed by atoms with van der Waals surface area (Å²) in [5.41, 5.74) is 0.991. The van der Waals surface area contributed by atoms with Crippen LogP contribution in [0.1, 0.15) is 25.5 Å². The standard InChI is InChI=1S/C11H16FNS/c1-4-14-11-6-5-9(7-10(11)12)8(2)13-3/h5-8,13H,4H2,1-3H3. The Morgan fingerprint density at radius 2 is 2.21 bits per heavy atom. The molecule has 0 aliphatic heterocycles. The molecule has 1 nitrogen and oxygen atoms in total. The monoisotopic (exact) mass is 213 g/mol. The lowest BCUT2D eigenvalue weighted by atomic mass is 10.1. The van der Waals surface area contributed by atoms with Crippen molar-refractivity contribution >= 4 is 11.8 Å². The molecule has 0 saturated heterocycles. The highest BCUT2D eigenvalue weighted by Gasteiger charge is 2.07. The first-order valence-corrected chi connectivity index (χ1v) is 5.77. The van der Waals surface area contributed by atoms with Crippen molar-refractivity contribution in [2.24, 2.45) is 0 Å². The van der Waals surface area contributed by atoms with Gasteiger partial charge in [-0.15, -0.1) is 11.8 Å². The van der Waals surface area contributed by atoms with Crippen LogP contribution in [0.5, 0.6) is 0 Å². The van der Waals surface area contributed by atoms with Crippen molar-refractivity contribution in [3.8, 4) is 0 Å². The molecule has 1 aromatic carbocycles. The molecular formula is C11H16FNS. The molecule has 0 aromatic heterocycles. The predicted octanol–water partition coefficient (Wildman–Crippen LogP) is 3.22. The van der Waals surface area contributed by atoms with Crippen LogP contribution in [0.25, 0.3) is 0 Å². The lowest BCUT2D eigenvalue weighted by Crippen LogP contribution is -2.12. The highest BCUT2D eigenvalue weighted by Crippen LogP contribution is 2.24. The molecule has 1 rings (SSSR count). The molecule has 1 unspecified atom stereocenters. The molecule has 0 aliphatic rings. The predicted molar refractivity (Wildman–Crippen MR) is 60.3 cm³/mol. The lowest BCUT2D eigenvalue weighted by Gasteiger charge is -2.11. The van der Waals surface area contributed by atoms with E-state index >= 15 is 0 Å². The first-order valence-electron chi connectivity index (χ1n) is 4.78. The molecule has 0 spiro atoms. The molecule has 3 heteroatoms. The molecule has 0 bridgehead atoms. The van der Waals surface area contributed by atoms with E-state index in [0.29, 0.717) is 0 Å². The summed E-state index contributed by atoms with van der Waals surface area (Å²) < 4.78 is 13.5. The van der Waals surface area contributed by atoms with Crippen molar-refractivity contribution in [1.29, 1.82) is 0 Å². The van der Waals surface area contributed by atoms with Gasteiger partial charge in [0.1, 0.15) is 5.82 Å². The summed E-state index contributed by atoms with van der Waals surface area (Å²) >= 11 is 1.53. The lowest BCUT2D eigenvalue weighted by molar-refractivity contribution is 0.587. The van der Waals surface area contributed by atoms with Gasteiger partial charge in [-0.05, 0) is 37.4 Å². The Morgan fingerprint density at radius 1 is 1.50 bits per heavy atom. The fraction of sp³-hybridized carbons (Fsp3) is 0.455. The maximum Gasteiger partial charge on any atom is 0.137 e. The van der Waals surface area contributed by atoms with Crippen molar-refractivity contribution in [2.75, 3.05) is 12.8 Å². The smallest absolute Gasteiger partial charge is 0.137 e. The maximum atomic E-state index is 13.5. The summed E-state index contributed by atoms with van der Waals surface area (Å²) in [6.07, 6.45) is 0. The first kappa shape index (κ1) is 11.5. The minimum atomic E-state index is -0.114. The number of halogens is 1. The van der Waals surface area contributed by atoms with Gasteiger partial charge in [0.15, 0.2) is 0 Å². The number of benzene rings is 1. The van der Waals surface area contributed by atoms with Gasteiger partial charge in [-0.3, -0.25) is 0 Å². The van der Waals surface area contributed by atoms with E-state index in [9.17, 15) is 4.39 Å². The van der Waals surface area contributed by atoms with Gasteiger partial charge in [0.05, 0.1) is 0 Å². The molecule has 0 radical (unpaired) electrons. The van der Waals surface area contributed by atoms with Gasteiger partial charge < -0.3 is 5.32 Å². The van der Waals surface area contributed by atoms with Crippen LogP contribution in [-0.4, -0.2) is 12.8 Å². The molecule has 1 aromatic rings. The molecule has 0 aliphatic carbocycles. The van der Waals surface area contributed by atoms with Gasteiger partial charge in [0, 0.05) is 10.9 Å². The number of thioether (sulfide) groups is 1. The third-order valence-electron chi connectivity index (χ3n) is 2.19. The Bertz CT molecular complexity index is 301. The van der Waals surface area contributed by atoms with Gasteiger partial charge in [0.2, 0.25) is 0 Å². The quantitative estimate of drug-likeness (QED) is 0.771. The highest BCUT2D eigenvalue weighted by molar-refractivity contribution is 7.99. The van der Waals surface area contributed by atoms with Gasteiger partial charge in [0.25, 0.3) is 0 Å². The molecular weight excluding hydrogens is 197 g/mol. The van der Waals surface area contributed by atoms with Crippen LogP contribution >= 0.6 is 11.8 Å². The fourth-order valence-corrected chi connectivity index (χ4v) is 1.90. The Kier molecular flexibility index (Phi) is 4.42. The van der Waals surface area contributed by atoms with Crippen molar-refractivity contribution in [3.63, 3.8) is 0 Å². The second-order valence-corrected chi connectivity index (χ2v) is 4.44. The molecule has 0 saturated carbocycles. The van der Waals surface area contributed by atoms with E-state index in [1.807, 2.05) is 33.0 Å². The maximum absolute atomic E-state index is 13.5. The average molecular weight is 213 g/mol. The molecule has 1 atom stereocenters. The van der Waals surface area contributed by atoms with Crippen LogP contribution in [0.15, 0.2) is 23.1 Å². The Hall–Kier alpha value is -0.540. The molecule has 0 amide bonds. The van der Waals surface area contributed by atoms with Crippen LogP contribution in [0.2, 0.25) is 0 Å². The summed E-state index contributed by atoms with van der Waals surface area (Å²) in [6, 6.07) is 5.64. The van der Waals surface area contributed by atoms with Crippen molar-refractivity contribution < 1.29 is 4.39 Å². The molecule has 78 valence electrons. The molecule has 0 heterocycles. The van der Waals surface area contributed by atoms with Crippen LogP contribution in [0, 0.1) is 5.82 Å². The Balaban J connectivity index is 2.88. The van der Waals surface area contributed by atoms with E-state index in [2.05, 4.69) is 5.32 Å². The zero-order chi connectivity index (χ0) is 10.6. The summed E-state index contributed by atoms with van der Waals surface area (Å²) in [7, 11) is 1.87. The third kappa shape index (κ3) is 2.72.